The monoisotopic (exact) mass is 217 g/mol. The van der Waals surface area contributed by atoms with Crippen LogP contribution in [0.2, 0.25) is 0 Å². The number of fused-ring (bicyclic) bond motifs is 1. The van der Waals surface area contributed by atoms with Gasteiger partial charge in [-0.3, -0.25) is 0 Å². The molecular formula is C13H15NO2. The lowest BCUT2D eigenvalue weighted by Gasteiger charge is -2.32. The minimum atomic E-state index is 0.292. The van der Waals surface area contributed by atoms with Gasteiger partial charge in [0.1, 0.15) is 23.2 Å². The minimum absolute atomic E-state index is 0.292. The number of furan rings is 1. The Morgan fingerprint density at radius 2 is 2.12 bits per heavy atom. The lowest BCUT2D eigenvalue weighted by atomic mass is 9.90. The zero-order valence-electron chi connectivity index (χ0n) is 9.27. The van der Waals surface area contributed by atoms with Crippen LogP contribution in [0.1, 0.15) is 18.6 Å². The number of hydrogen-bond acceptors (Lipinski definition) is 3. The van der Waals surface area contributed by atoms with Crippen LogP contribution < -0.4 is 10.5 Å². The van der Waals surface area contributed by atoms with E-state index in [4.69, 9.17) is 14.9 Å². The standard InChI is InChI=1S/C13H15NO2/c1-8-4-9-5-11(2-3-13(9)15-8)16-12-6-10(14)7-12/h2-5,10,12H,6-7,14H2,1H3. The topological polar surface area (TPSA) is 48.4 Å². The van der Waals surface area contributed by atoms with Crippen molar-refractivity contribution in [2.75, 3.05) is 0 Å². The largest absolute Gasteiger partial charge is 0.490 e. The Bertz CT molecular complexity index is 512. The zero-order valence-corrected chi connectivity index (χ0v) is 9.27. The van der Waals surface area contributed by atoms with E-state index in [9.17, 15) is 0 Å². The first-order valence-electron chi connectivity index (χ1n) is 5.63. The van der Waals surface area contributed by atoms with Gasteiger partial charge in [0.2, 0.25) is 0 Å². The van der Waals surface area contributed by atoms with Crippen LogP contribution in [0.15, 0.2) is 28.7 Å². The third-order valence-electron chi connectivity index (χ3n) is 3.04. The number of hydrogen-bond donors (Lipinski definition) is 1. The Labute approximate surface area is 94.2 Å². The fourth-order valence-electron chi connectivity index (χ4n) is 2.12. The summed E-state index contributed by atoms with van der Waals surface area (Å²) in [6, 6.07) is 8.28. The van der Waals surface area contributed by atoms with Crippen LogP contribution in [0.5, 0.6) is 5.75 Å². The lowest BCUT2D eigenvalue weighted by Crippen LogP contribution is -2.43. The summed E-state index contributed by atoms with van der Waals surface area (Å²) in [5.74, 6) is 1.84. The molecular weight excluding hydrogens is 202 g/mol. The fourth-order valence-corrected chi connectivity index (χ4v) is 2.12. The Balaban J connectivity index is 1.82. The van der Waals surface area contributed by atoms with Gasteiger partial charge in [-0.05, 0) is 44.0 Å². The highest BCUT2D eigenvalue weighted by molar-refractivity contribution is 5.79. The summed E-state index contributed by atoms with van der Waals surface area (Å²) in [4.78, 5) is 0. The second kappa shape index (κ2) is 3.52. The molecule has 0 atom stereocenters. The minimum Gasteiger partial charge on any atom is -0.490 e. The first-order chi connectivity index (χ1) is 7.70. The van der Waals surface area contributed by atoms with Crippen LogP contribution in [-0.2, 0) is 0 Å². The van der Waals surface area contributed by atoms with E-state index in [2.05, 4.69) is 0 Å². The number of rotatable bonds is 2. The average Bonchev–Trinajstić information content (AvgIpc) is 2.55. The molecule has 1 aliphatic rings. The van der Waals surface area contributed by atoms with Gasteiger partial charge in [0.25, 0.3) is 0 Å². The molecule has 0 amide bonds. The quantitative estimate of drug-likeness (QED) is 0.841. The van der Waals surface area contributed by atoms with Gasteiger partial charge in [-0.1, -0.05) is 0 Å². The van der Waals surface area contributed by atoms with Crippen molar-refractivity contribution in [3.05, 3.63) is 30.0 Å². The Hall–Kier alpha value is -1.48. The SMILES string of the molecule is Cc1cc2cc(OC3CC(N)C3)ccc2o1. The predicted molar refractivity (Wildman–Crippen MR) is 62.6 cm³/mol. The van der Waals surface area contributed by atoms with Crippen molar-refractivity contribution in [2.24, 2.45) is 5.73 Å². The normalized spacial score (nSPS) is 24.4. The van der Waals surface area contributed by atoms with Crippen molar-refractivity contribution in [2.45, 2.75) is 31.9 Å². The molecule has 0 radical (unpaired) electrons. The molecule has 2 N–H and O–H groups in total. The van der Waals surface area contributed by atoms with Gasteiger partial charge in [-0.15, -0.1) is 0 Å². The van der Waals surface area contributed by atoms with Gasteiger partial charge in [0.05, 0.1) is 0 Å². The molecule has 2 aromatic rings. The number of aryl methyl sites for hydroxylation is 1. The molecule has 84 valence electrons. The molecule has 1 saturated carbocycles. The van der Waals surface area contributed by atoms with Gasteiger partial charge in [0, 0.05) is 11.4 Å². The van der Waals surface area contributed by atoms with E-state index >= 15 is 0 Å². The van der Waals surface area contributed by atoms with Crippen LogP contribution in [0.4, 0.5) is 0 Å². The van der Waals surface area contributed by atoms with Crippen molar-refractivity contribution in [1.29, 1.82) is 0 Å². The molecule has 0 spiro atoms. The molecule has 3 nitrogen and oxygen atoms in total. The highest BCUT2D eigenvalue weighted by atomic mass is 16.5. The van der Waals surface area contributed by atoms with E-state index in [-0.39, 0.29) is 0 Å². The van der Waals surface area contributed by atoms with Crippen LogP contribution in [0, 0.1) is 6.92 Å². The number of nitrogens with two attached hydrogens (primary N) is 1. The van der Waals surface area contributed by atoms with Crippen molar-refractivity contribution in [3.8, 4) is 5.75 Å². The highest BCUT2D eigenvalue weighted by Gasteiger charge is 2.27. The maximum atomic E-state index is 5.82. The summed E-state index contributed by atoms with van der Waals surface area (Å²) >= 11 is 0. The highest BCUT2D eigenvalue weighted by Crippen LogP contribution is 2.28. The van der Waals surface area contributed by atoms with E-state index in [1.807, 2.05) is 31.2 Å². The van der Waals surface area contributed by atoms with Gasteiger partial charge >= 0.3 is 0 Å². The van der Waals surface area contributed by atoms with Crippen molar-refractivity contribution < 1.29 is 9.15 Å². The number of ether oxygens (including phenoxy) is 1. The van der Waals surface area contributed by atoms with E-state index < -0.39 is 0 Å². The molecule has 0 bridgehead atoms. The molecule has 1 aromatic carbocycles. The number of benzene rings is 1. The van der Waals surface area contributed by atoms with Gasteiger partial charge in [-0.25, -0.2) is 0 Å². The van der Waals surface area contributed by atoms with E-state index in [1.165, 1.54) is 0 Å². The Kier molecular flexibility index (Phi) is 2.14. The van der Waals surface area contributed by atoms with E-state index in [0.29, 0.717) is 12.1 Å². The van der Waals surface area contributed by atoms with Crippen molar-refractivity contribution >= 4 is 11.0 Å². The summed E-state index contributed by atoms with van der Waals surface area (Å²) in [6.07, 6.45) is 2.21. The van der Waals surface area contributed by atoms with Gasteiger partial charge < -0.3 is 14.9 Å². The molecule has 1 aliphatic carbocycles. The molecule has 1 aromatic heterocycles. The van der Waals surface area contributed by atoms with E-state index in [0.717, 1.165) is 35.3 Å². The van der Waals surface area contributed by atoms with Crippen LogP contribution in [0.3, 0.4) is 0 Å². The lowest BCUT2D eigenvalue weighted by molar-refractivity contribution is 0.101. The van der Waals surface area contributed by atoms with E-state index in [1.54, 1.807) is 0 Å². The van der Waals surface area contributed by atoms with Crippen LogP contribution in [0.25, 0.3) is 11.0 Å². The first-order valence-corrected chi connectivity index (χ1v) is 5.63. The molecule has 3 rings (SSSR count). The van der Waals surface area contributed by atoms with Gasteiger partial charge in [-0.2, -0.15) is 0 Å². The van der Waals surface area contributed by atoms with Crippen LogP contribution in [-0.4, -0.2) is 12.1 Å². The summed E-state index contributed by atoms with van der Waals surface area (Å²) in [5, 5.41) is 1.10. The zero-order chi connectivity index (χ0) is 11.1. The molecule has 1 heterocycles. The van der Waals surface area contributed by atoms with Crippen molar-refractivity contribution in [1.82, 2.24) is 0 Å². The molecule has 0 saturated heterocycles. The van der Waals surface area contributed by atoms with Crippen molar-refractivity contribution in [3.63, 3.8) is 0 Å². The third kappa shape index (κ3) is 1.67. The Morgan fingerprint density at radius 3 is 2.88 bits per heavy atom. The molecule has 0 aliphatic heterocycles. The second-order valence-corrected chi connectivity index (χ2v) is 4.53. The average molecular weight is 217 g/mol. The van der Waals surface area contributed by atoms with Crippen LogP contribution >= 0.6 is 0 Å². The third-order valence-corrected chi connectivity index (χ3v) is 3.04. The second-order valence-electron chi connectivity index (χ2n) is 4.53. The molecule has 3 heteroatoms. The maximum Gasteiger partial charge on any atom is 0.134 e. The molecule has 1 fully saturated rings. The smallest absolute Gasteiger partial charge is 0.134 e. The summed E-state index contributed by atoms with van der Waals surface area (Å²) in [5.41, 5.74) is 6.63. The maximum absolute atomic E-state index is 5.82. The summed E-state index contributed by atoms with van der Waals surface area (Å²) < 4.78 is 11.3. The molecule has 16 heavy (non-hydrogen) atoms. The summed E-state index contributed by atoms with van der Waals surface area (Å²) in [6.45, 7) is 1.95. The predicted octanol–water partition coefficient (Wildman–Crippen LogP) is 2.61. The fraction of sp³-hybridized carbons (Fsp3) is 0.385. The van der Waals surface area contributed by atoms with Gasteiger partial charge in [0.15, 0.2) is 0 Å². The Morgan fingerprint density at radius 1 is 1.31 bits per heavy atom. The first kappa shape index (κ1) is 9.73. The molecule has 0 unspecified atom stereocenters. The summed E-state index contributed by atoms with van der Waals surface area (Å²) in [7, 11) is 0.